The van der Waals surface area contributed by atoms with Gasteiger partial charge < -0.3 is 15.7 Å². The van der Waals surface area contributed by atoms with Gasteiger partial charge in [-0.1, -0.05) is 12.8 Å². The molecule has 0 aromatic rings. The minimum absolute atomic E-state index is 0.0436. The molecule has 0 radical (unpaired) electrons. The van der Waals surface area contributed by atoms with Gasteiger partial charge in [-0.2, -0.15) is 0 Å². The molecule has 2 amide bonds. The van der Waals surface area contributed by atoms with Crippen molar-refractivity contribution in [3.05, 3.63) is 0 Å². The van der Waals surface area contributed by atoms with Crippen LogP contribution in [-0.2, 0) is 0 Å². The Morgan fingerprint density at radius 2 is 1.93 bits per heavy atom. The predicted molar refractivity (Wildman–Crippen MR) is 57.5 cm³/mol. The quantitative estimate of drug-likeness (QED) is 0.653. The first kappa shape index (κ1) is 10.7. The van der Waals surface area contributed by atoms with Crippen LogP contribution in [0.4, 0.5) is 4.79 Å². The molecular weight excluding hydrogens is 192 g/mol. The molecule has 0 aromatic heterocycles. The third-order valence-corrected chi connectivity index (χ3v) is 3.29. The van der Waals surface area contributed by atoms with E-state index in [0.29, 0.717) is 5.92 Å². The monoisotopic (exact) mass is 212 g/mol. The molecule has 2 unspecified atom stereocenters. The molecule has 0 aliphatic heterocycles. The van der Waals surface area contributed by atoms with Crippen molar-refractivity contribution in [3.63, 3.8) is 0 Å². The lowest BCUT2D eigenvalue weighted by Gasteiger charge is -2.28. The second-order valence-electron chi connectivity index (χ2n) is 4.76. The van der Waals surface area contributed by atoms with E-state index in [2.05, 4.69) is 10.6 Å². The fourth-order valence-corrected chi connectivity index (χ4v) is 2.06. The number of aliphatic hydroxyl groups excluding tert-OH is 1. The van der Waals surface area contributed by atoms with Crippen molar-refractivity contribution in [3.8, 4) is 0 Å². The zero-order valence-electron chi connectivity index (χ0n) is 9.04. The summed E-state index contributed by atoms with van der Waals surface area (Å²) in [6.45, 7) is 0.786. The second-order valence-corrected chi connectivity index (χ2v) is 4.76. The minimum atomic E-state index is -0.356. The van der Waals surface area contributed by atoms with Crippen LogP contribution in [0, 0.1) is 5.92 Å². The van der Waals surface area contributed by atoms with E-state index in [1.807, 2.05) is 0 Å². The summed E-state index contributed by atoms with van der Waals surface area (Å²) in [5.74, 6) is 0.701. The van der Waals surface area contributed by atoms with Crippen LogP contribution < -0.4 is 10.6 Å². The number of aliphatic hydroxyl groups is 1. The molecule has 0 saturated heterocycles. The van der Waals surface area contributed by atoms with Gasteiger partial charge in [0.2, 0.25) is 0 Å². The van der Waals surface area contributed by atoms with Gasteiger partial charge in [-0.05, 0) is 31.6 Å². The number of carbonyl (C=O) groups is 1. The van der Waals surface area contributed by atoms with Gasteiger partial charge in [0.15, 0.2) is 0 Å². The number of carbonyl (C=O) groups excluding carboxylic acids is 1. The molecule has 4 heteroatoms. The van der Waals surface area contributed by atoms with Crippen LogP contribution in [0.15, 0.2) is 0 Å². The van der Waals surface area contributed by atoms with Crippen molar-refractivity contribution in [2.75, 3.05) is 6.54 Å². The van der Waals surface area contributed by atoms with E-state index in [9.17, 15) is 9.90 Å². The van der Waals surface area contributed by atoms with E-state index in [1.165, 1.54) is 12.8 Å². The van der Waals surface area contributed by atoms with Gasteiger partial charge in [-0.15, -0.1) is 0 Å². The first-order valence-electron chi connectivity index (χ1n) is 5.98. The number of nitrogens with one attached hydrogen (secondary N) is 2. The molecule has 15 heavy (non-hydrogen) atoms. The average molecular weight is 212 g/mol. The molecule has 2 fully saturated rings. The Bertz CT molecular complexity index is 229. The minimum Gasteiger partial charge on any atom is -0.391 e. The molecule has 0 aromatic carbocycles. The fourth-order valence-electron chi connectivity index (χ4n) is 2.06. The maximum atomic E-state index is 11.5. The molecule has 2 saturated carbocycles. The molecule has 2 rings (SSSR count). The van der Waals surface area contributed by atoms with Gasteiger partial charge in [-0.3, -0.25) is 0 Å². The van der Waals surface area contributed by atoms with Crippen LogP contribution in [0.1, 0.15) is 38.5 Å². The van der Waals surface area contributed by atoms with Gasteiger partial charge in [0.25, 0.3) is 0 Å². The van der Waals surface area contributed by atoms with E-state index in [0.717, 1.165) is 32.2 Å². The molecule has 0 heterocycles. The van der Waals surface area contributed by atoms with Crippen LogP contribution in [0.5, 0.6) is 0 Å². The number of urea groups is 1. The number of hydrogen-bond donors (Lipinski definition) is 3. The van der Waals surface area contributed by atoms with E-state index < -0.39 is 0 Å². The normalized spacial score (nSPS) is 31.0. The molecule has 2 aliphatic rings. The van der Waals surface area contributed by atoms with E-state index in [1.54, 1.807) is 0 Å². The first-order chi connectivity index (χ1) is 7.25. The van der Waals surface area contributed by atoms with Crippen molar-refractivity contribution in [1.82, 2.24) is 10.6 Å². The Kier molecular flexibility index (Phi) is 3.46. The lowest BCUT2D eigenvalue weighted by molar-refractivity contribution is 0.0943. The highest BCUT2D eigenvalue weighted by Crippen LogP contribution is 2.27. The molecule has 3 N–H and O–H groups in total. The van der Waals surface area contributed by atoms with Crippen LogP contribution in [0.25, 0.3) is 0 Å². The fraction of sp³-hybridized carbons (Fsp3) is 0.909. The highest BCUT2D eigenvalue weighted by molar-refractivity contribution is 5.74. The van der Waals surface area contributed by atoms with Crippen molar-refractivity contribution in [2.45, 2.75) is 50.7 Å². The van der Waals surface area contributed by atoms with Crippen LogP contribution in [-0.4, -0.2) is 29.8 Å². The lowest BCUT2D eigenvalue weighted by atomic mass is 9.93. The summed E-state index contributed by atoms with van der Waals surface area (Å²) in [7, 11) is 0. The highest BCUT2D eigenvalue weighted by Gasteiger charge is 2.25. The summed E-state index contributed by atoms with van der Waals surface area (Å²) in [5, 5.41) is 15.4. The summed E-state index contributed by atoms with van der Waals surface area (Å²) in [5.41, 5.74) is 0. The predicted octanol–water partition coefficient (Wildman–Crippen LogP) is 0.999. The zero-order chi connectivity index (χ0) is 10.7. The lowest BCUT2D eigenvalue weighted by Crippen LogP contribution is -2.49. The van der Waals surface area contributed by atoms with Gasteiger partial charge in [-0.25, -0.2) is 4.79 Å². The van der Waals surface area contributed by atoms with Gasteiger partial charge >= 0.3 is 6.03 Å². The maximum Gasteiger partial charge on any atom is 0.315 e. The average Bonchev–Trinajstić information content (AvgIpc) is 3.02. The van der Waals surface area contributed by atoms with Crippen molar-refractivity contribution in [1.29, 1.82) is 0 Å². The Morgan fingerprint density at radius 3 is 2.60 bits per heavy atom. The van der Waals surface area contributed by atoms with Crippen LogP contribution >= 0.6 is 0 Å². The Morgan fingerprint density at radius 1 is 1.20 bits per heavy atom. The van der Waals surface area contributed by atoms with Gasteiger partial charge in [0.05, 0.1) is 12.1 Å². The first-order valence-corrected chi connectivity index (χ1v) is 5.98. The summed E-state index contributed by atoms with van der Waals surface area (Å²) in [6, 6.07) is -0.161. The largest absolute Gasteiger partial charge is 0.391 e. The van der Waals surface area contributed by atoms with E-state index >= 15 is 0 Å². The Hall–Kier alpha value is -0.770. The summed E-state index contributed by atoms with van der Waals surface area (Å²) >= 11 is 0. The molecule has 2 atom stereocenters. The van der Waals surface area contributed by atoms with Crippen molar-refractivity contribution in [2.24, 2.45) is 5.92 Å². The number of amides is 2. The SMILES string of the molecule is O=C(NCC1CC1)NC1CCCCC1O. The van der Waals surface area contributed by atoms with Crippen LogP contribution in [0.2, 0.25) is 0 Å². The van der Waals surface area contributed by atoms with E-state index in [-0.39, 0.29) is 18.2 Å². The molecule has 0 spiro atoms. The summed E-state index contributed by atoms with van der Waals surface area (Å²) in [6.07, 6.45) is 6.02. The third-order valence-electron chi connectivity index (χ3n) is 3.29. The van der Waals surface area contributed by atoms with Crippen molar-refractivity contribution < 1.29 is 9.90 Å². The van der Waals surface area contributed by atoms with Crippen LogP contribution in [0.3, 0.4) is 0 Å². The summed E-state index contributed by atoms with van der Waals surface area (Å²) in [4.78, 5) is 11.5. The maximum absolute atomic E-state index is 11.5. The van der Waals surface area contributed by atoms with E-state index in [4.69, 9.17) is 0 Å². The summed E-state index contributed by atoms with van der Waals surface area (Å²) < 4.78 is 0. The highest BCUT2D eigenvalue weighted by atomic mass is 16.3. The Labute approximate surface area is 90.4 Å². The molecular formula is C11H20N2O2. The number of hydrogen-bond acceptors (Lipinski definition) is 2. The zero-order valence-corrected chi connectivity index (χ0v) is 9.04. The standard InChI is InChI=1S/C11H20N2O2/c14-10-4-2-1-3-9(10)13-11(15)12-7-8-5-6-8/h8-10,14H,1-7H2,(H2,12,13,15). The third kappa shape index (κ3) is 3.38. The smallest absolute Gasteiger partial charge is 0.315 e. The molecule has 86 valence electrons. The second kappa shape index (κ2) is 4.84. The molecule has 4 nitrogen and oxygen atoms in total. The number of rotatable bonds is 3. The Balaban J connectivity index is 1.66. The molecule has 2 aliphatic carbocycles. The topological polar surface area (TPSA) is 61.4 Å². The van der Waals surface area contributed by atoms with Gasteiger partial charge in [0.1, 0.15) is 0 Å². The van der Waals surface area contributed by atoms with Gasteiger partial charge in [0, 0.05) is 6.54 Å². The van der Waals surface area contributed by atoms with Crippen molar-refractivity contribution >= 4 is 6.03 Å². The molecule has 0 bridgehead atoms.